The number of carbonyl (C=O) groups excluding carboxylic acids is 1. The minimum absolute atomic E-state index is 0.199. The van der Waals surface area contributed by atoms with Gasteiger partial charge in [-0.15, -0.1) is 0 Å². The second-order valence-corrected chi connectivity index (χ2v) is 16.3. The van der Waals surface area contributed by atoms with E-state index >= 15 is 0 Å². The van der Waals surface area contributed by atoms with E-state index in [1.807, 2.05) is 0 Å². The summed E-state index contributed by atoms with van der Waals surface area (Å²) in [6.07, 6.45) is 5.10. The molecule has 0 aromatic carbocycles. The Hall–Kier alpha value is -1.19. The Morgan fingerprint density at radius 2 is 1.60 bits per heavy atom. The van der Waals surface area contributed by atoms with E-state index in [1.165, 1.54) is 25.7 Å². The summed E-state index contributed by atoms with van der Waals surface area (Å²) in [7, 11) is 0. The molecule has 6 rings (SSSR count). The van der Waals surface area contributed by atoms with Crippen LogP contribution in [0.4, 0.5) is 0 Å². The number of hydrogen-bond donors (Lipinski definition) is 4. The summed E-state index contributed by atoms with van der Waals surface area (Å²) in [5.74, 6) is 2.32. The number of aliphatic hydroxyl groups excluding tert-OH is 4. The zero-order chi connectivity index (χ0) is 31.1. The van der Waals surface area contributed by atoms with Gasteiger partial charge >= 0.3 is 5.97 Å². The lowest BCUT2D eigenvalue weighted by Crippen LogP contribution is -2.55. The fourth-order valence-electron chi connectivity index (χ4n) is 11.3. The Kier molecular flexibility index (Phi) is 8.32. The Morgan fingerprint density at radius 1 is 0.884 bits per heavy atom. The number of fused-ring (bicyclic) bond motifs is 7. The van der Waals surface area contributed by atoms with E-state index in [-0.39, 0.29) is 17.3 Å². The predicted molar refractivity (Wildman–Crippen MR) is 161 cm³/mol. The summed E-state index contributed by atoms with van der Waals surface area (Å²) in [5.41, 5.74) is 0.889. The van der Waals surface area contributed by atoms with Crippen molar-refractivity contribution in [1.29, 1.82) is 0 Å². The molecule has 0 radical (unpaired) electrons. The van der Waals surface area contributed by atoms with Crippen LogP contribution in [0.3, 0.4) is 0 Å². The number of aliphatic hydroxyl groups is 4. The maximum Gasteiger partial charge on any atom is 0.338 e. The SMILES string of the molecule is CC(C)=C(O)[C@@H](O)[C@@H](O)[C@@H](O)C(=O)O[C@H]1CC[C@]2(C)C3CC[C@]4(C)C5C(C[C@H]4C3CC[C@H]2C1)O[C@]1(CC[C@@H](C)CO1)[C@H]5C. The van der Waals surface area contributed by atoms with Crippen molar-refractivity contribution in [3.05, 3.63) is 11.3 Å². The van der Waals surface area contributed by atoms with Crippen molar-refractivity contribution in [1.82, 2.24) is 0 Å². The summed E-state index contributed by atoms with van der Waals surface area (Å²) < 4.78 is 19.1. The first-order chi connectivity index (χ1) is 20.2. The summed E-state index contributed by atoms with van der Waals surface area (Å²) in [6, 6.07) is 0. The van der Waals surface area contributed by atoms with E-state index in [0.29, 0.717) is 58.5 Å². The largest absolute Gasteiger partial charge is 0.510 e. The van der Waals surface area contributed by atoms with E-state index in [1.54, 1.807) is 13.8 Å². The average Bonchev–Trinajstić information content (AvgIpc) is 3.42. The Bertz CT molecular complexity index is 1090. The fourth-order valence-corrected chi connectivity index (χ4v) is 11.3. The molecule has 4 saturated carbocycles. The smallest absolute Gasteiger partial charge is 0.338 e. The zero-order valence-electron chi connectivity index (χ0n) is 27.1. The van der Waals surface area contributed by atoms with Crippen molar-refractivity contribution in [2.45, 2.75) is 142 Å². The number of hydrogen-bond acceptors (Lipinski definition) is 8. The van der Waals surface area contributed by atoms with Crippen LogP contribution in [-0.2, 0) is 19.0 Å². The molecule has 0 aromatic heterocycles. The van der Waals surface area contributed by atoms with Crippen molar-refractivity contribution in [3.63, 3.8) is 0 Å². The lowest BCUT2D eigenvalue weighted by atomic mass is 9.44. The molecule has 2 aliphatic heterocycles. The molecule has 0 aromatic rings. The van der Waals surface area contributed by atoms with Gasteiger partial charge in [-0.3, -0.25) is 0 Å². The Balaban J connectivity index is 1.09. The number of esters is 1. The molecule has 1 spiro atoms. The molecule has 4 N–H and O–H groups in total. The van der Waals surface area contributed by atoms with Crippen LogP contribution in [0.5, 0.6) is 0 Å². The fraction of sp³-hybridized carbons (Fsp3) is 0.914. The number of ether oxygens (including phenoxy) is 3. The van der Waals surface area contributed by atoms with E-state index in [4.69, 9.17) is 14.2 Å². The topological polar surface area (TPSA) is 126 Å². The van der Waals surface area contributed by atoms with Gasteiger partial charge in [0.1, 0.15) is 24.1 Å². The molecule has 8 nitrogen and oxygen atoms in total. The molecular formula is C35H56O8. The molecule has 4 unspecified atom stereocenters. The van der Waals surface area contributed by atoms with Gasteiger partial charge in [-0.2, -0.15) is 0 Å². The molecule has 43 heavy (non-hydrogen) atoms. The highest BCUT2D eigenvalue weighted by Crippen LogP contribution is 2.71. The predicted octanol–water partition coefficient (Wildman–Crippen LogP) is 5.28. The van der Waals surface area contributed by atoms with Crippen LogP contribution in [-0.4, -0.2) is 69.3 Å². The average molecular weight is 605 g/mol. The molecule has 0 bridgehead atoms. The van der Waals surface area contributed by atoms with Crippen LogP contribution in [0.1, 0.15) is 106 Å². The minimum atomic E-state index is -1.93. The monoisotopic (exact) mass is 604 g/mol. The highest BCUT2D eigenvalue weighted by Gasteiger charge is 2.69. The third kappa shape index (κ3) is 5.01. The summed E-state index contributed by atoms with van der Waals surface area (Å²) >= 11 is 0. The first kappa shape index (κ1) is 31.8. The Morgan fingerprint density at radius 3 is 2.28 bits per heavy atom. The summed E-state index contributed by atoms with van der Waals surface area (Å²) in [4.78, 5) is 12.8. The lowest BCUT2D eigenvalue weighted by molar-refractivity contribution is -0.273. The molecule has 15 atom stereocenters. The van der Waals surface area contributed by atoms with Gasteiger partial charge in [0.05, 0.1) is 12.7 Å². The highest BCUT2D eigenvalue weighted by atomic mass is 16.7. The molecule has 4 aliphatic carbocycles. The summed E-state index contributed by atoms with van der Waals surface area (Å²) in [5, 5.41) is 40.8. The second-order valence-electron chi connectivity index (χ2n) is 16.3. The van der Waals surface area contributed by atoms with Crippen LogP contribution >= 0.6 is 0 Å². The molecule has 6 aliphatic rings. The number of carbonyl (C=O) groups is 1. The van der Waals surface area contributed by atoms with Crippen LogP contribution < -0.4 is 0 Å². The quantitative estimate of drug-likeness (QED) is 0.247. The maximum absolute atomic E-state index is 12.8. The first-order valence-corrected chi connectivity index (χ1v) is 17.1. The molecule has 6 fully saturated rings. The van der Waals surface area contributed by atoms with Gasteiger partial charge in [0.25, 0.3) is 0 Å². The zero-order valence-corrected chi connectivity index (χ0v) is 27.1. The van der Waals surface area contributed by atoms with E-state index < -0.39 is 30.0 Å². The number of allylic oxidation sites excluding steroid dienone is 1. The minimum Gasteiger partial charge on any atom is -0.510 e. The highest BCUT2D eigenvalue weighted by molar-refractivity contribution is 5.75. The van der Waals surface area contributed by atoms with Gasteiger partial charge in [-0.05, 0) is 124 Å². The van der Waals surface area contributed by atoms with Gasteiger partial charge in [-0.1, -0.05) is 27.7 Å². The van der Waals surface area contributed by atoms with Crippen molar-refractivity contribution in [2.75, 3.05) is 6.61 Å². The van der Waals surface area contributed by atoms with Crippen molar-refractivity contribution >= 4 is 5.97 Å². The van der Waals surface area contributed by atoms with Gasteiger partial charge in [0, 0.05) is 12.3 Å². The third-order valence-electron chi connectivity index (χ3n) is 13.8. The molecule has 244 valence electrons. The molecule has 8 heteroatoms. The van der Waals surface area contributed by atoms with Crippen LogP contribution in [0.25, 0.3) is 0 Å². The van der Waals surface area contributed by atoms with Gasteiger partial charge in [0.15, 0.2) is 11.9 Å². The normalized spacial score (nSPS) is 49.2. The van der Waals surface area contributed by atoms with E-state index in [0.717, 1.165) is 45.1 Å². The maximum atomic E-state index is 12.8. The molecular weight excluding hydrogens is 548 g/mol. The van der Waals surface area contributed by atoms with Gasteiger partial charge < -0.3 is 34.6 Å². The molecule has 0 amide bonds. The van der Waals surface area contributed by atoms with Crippen LogP contribution in [0.2, 0.25) is 0 Å². The van der Waals surface area contributed by atoms with Crippen LogP contribution in [0, 0.1) is 52.3 Å². The second kappa shape index (κ2) is 11.3. The Labute approximate surface area is 257 Å². The van der Waals surface area contributed by atoms with Gasteiger partial charge in [0.2, 0.25) is 0 Å². The molecule has 2 heterocycles. The van der Waals surface area contributed by atoms with Crippen molar-refractivity contribution in [3.8, 4) is 0 Å². The molecule has 2 saturated heterocycles. The summed E-state index contributed by atoms with van der Waals surface area (Å²) in [6.45, 7) is 13.7. The standard InChI is InChI=1S/C35H56O8/c1-18(2)28(36)29(37)30(38)31(39)32(40)42-22-10-12-33(5)21(15-22)7-8-23-24(33)11-13-34(6)25(23)16-26-27(34)20(4)35(43-26)14-9-19(3)17-41-35/h19-27,29-31,36-39H,7-17H2,1-6H3/t19-,20+,21+,22+,23?,24?,25+,26?,27?,29-,30-,31-,33+,34+,35-/m1/s1. The van der Waals surface area contributed by atoms with Gasteiger partial charge in [-0.25, -0.2) is 4.79 Å². The van der Waals surface area contributed by atoms with E-state index in [2.05, 4.69) is 27.7 Å². The third-order valence-corrected chi connectivity index (χ3v) is 13.8. The van der Waals surface area contributed by atoms with E-state index in [9.17, 15) is 25.2 Å². The number of rotatable bonds is 5. The lowest BCUT2D eigenvalue weighted by Gasteiger charge is -2.61. The van der Waals surface area contributed by atoms with Crippen LogP contribution in [0.15, 0.2) is 11.3 Å². The van der Waals surface area contributed by atoms with Crippen molar-refractivity contribution < 1.29 is 39.4 Å². The first-order valence-electron chi connectivity index (χ1n) is 17.1. The van der Waals surface area contributed by atoms with Crippen molar-refractivity contribution in [2.24, 2.45) is 52.3 Å².